The summed E-state index contributed by atoms with van der Waals surface area (Å²) in [5, 5.41) is 8.45. The lowest BCUT2D eigenvalue weighted by Gasteiger charge is -2.10. The Morgan fingerprint density at radius 1 is 1.40 bits per heavy atom. The number of alkyl halides is 2. The molecule has 0 aromatic heterocycles. The minimum Gasteiger partial charge on any atom is -0.493 e. The van der Waals surface area contributed by atoms with Crippen molar-refractivity contribution >= 4 is 0 Å². The molecule has 1 rings (SSSR count). The van der Waals surface area contributed by atoms with E-state index in [0.717, 1.165) is 0 Å². The van der Waals surface area contributed by atoms with E-state index in [2.05, 4.69) is 4.74 Å². The summed E-state index contributed by atoms with van der Waals surface area (Å²) >= 11 is 0. The normalized spacial score (nSPS) is 9.80. The quantitative estimate of drug-likeness (QED) is 0.771. The predicted octanol–water partition coefficient (Wildman–Crippen LogP) is 2.36. The van der Waals surface area contributed by atoms with E-state index in [1.54, 1.807) is 6.07 Å². The Hall–Kier alpha value is -1.83. The van der Waals surface area contributed by atoms with Crippen LogP contribution in [0.3, 0.4) is 0 Å². The minimum absolute atomic E-state index is 0.0553. The second-order valence-corrected chi connectivity index (χ2v) is 2.70. The number of halogens is 2. The average Bonchev–Trinajstić information content (AvgIpc) is 2.18. The second kappa shape index (κ2) is 5.15. The van der Waals surface area contributed by atoms with Crippen LogP contribution in [0.4, 0.5) is 8.78 Å². The van der Waals surface area contributed by atoms with E-state index in [1.165, 1.54) is 19.2 Å². The summed E-state index contributed by atoms with van der Waals surface area (Å²) in [5.74, 6) is 0.164. The van der Waals surface area contributed by atoms with Gasteiger partial charge in [-0.2, -0.15) is 14.0 Å². The molecule has 5 heteroatoms. The molecule has 0 atom stereocenters. The van der Waals surface area contributed by atoms with Gasteiger partial charge in [-0.15, -0.1) is 0 Å². The molecule has 0 radical (unpaired) electrons. The second-order valence-electron chi connectivity index (χ2n) is 2.70. The highest BCUT2D eigenvalue weighted by Gasteiger charge is 2.10. The lowest BCUT2D eigenvalue weighted by Crippen LogP contribution is -2.04. The van der Waals surface area contributed by atoms with Gasteiger partial charge in [-0.3, -0.25) is 0 Å². The van der Waals surface area contributed by atoms with Crippen LogP contribution in [0.5, 0.6) is 11.5 Å². The maximum absolute atomic E-state index is 12.0. The van der Waals surface area contributed by atoms with Gasteiger partial charge in [0.2, 0.25) is 0 Å². The van der Waals surface area contributed by atoms with E-state index in [9.17, 15) is 8.78 Å². The lowest BCUT2D eigenvalue weighted by molar-refractivity contribution is -0.0512. The summed E-state index contributed by atoms with van der Waals surface area (Å²) in [6.07, 6.45) is 0.142. The van der Waals surface area contributed by atoms with Crippen molar-refractivity contribution in [2.75, 3.05) is 7.11 Å². The Morgan fingerprint density at radius 2 is 2.13 bits per heavy atom. The summed E-state index contributed by atoms with van der Waals surface area (Å²) < 4.78 is 33.1. The third-order valence-corrected chi connectivity index (χ3v) is 1.73. The molecule has 0 spiro atoms. The molecule has 0 aliphatic heterocycles. The molecule has 0 amide bonds. The van der Waals surface area contributed by atoms with Crippen molar-refractivity contribution in [1.82, 2.24) is 0 Å². The standard InChI is InChI=1S/C10H9F2NO2/c1-14-8-3-2-7(4-5-13)6-9(8)15-10(11)12/h2-3,6,10H,4H2,1H3. The van der Waals surface area contributed by atoms with Crippen molar-refractivity contribution in [1.29, 1.82) is 5.26 Å². The van der Waals surface area contributed by atoms with Crippen LogP contribution in [0.25, 0.3) is 0 Å². The van der Waals surface area contributed by atoms with E-state index < -0.39 is 6.61 Å². The first-order valence-electron chi connectivity index (χ1n) is 4.16. The first-order chi connectivity index (χ1) is 7.17. The van der Waals surface area contributed by atoms with Gasteiger partial charge in [0.1, 0.15) is 0 Å². The van der Waals surface area contributed by atoms with Crippen molar-refractivity contribution in [3.05, 3.63) is 23.8 Å². The number of ether oxygens (including phenoxy) is 2. The molecule has 0 N–H and O–H groups in total. The summed E-state index contributed by atoms with van der Waals surface area (Å²) in [6, 6.07) is 6.40. The molecular weight excluding hydrogens is 204 g/mol. The number of benzene rings is 1. The molecule has 1 aromatic carbocycles. The first kappa shape index (κ1) is 11.2. The van der Waals surface area contributed by atoms with Gasteiger partial charge in [0.15, 0.2) is 11.5 Å². The third kappa shape index (κ3) is 3.09. The lowest BCUT2D eigenvalue weighted by atomic mass is 10.1. The van der Waals surface area contributed by atoms with Crippen LogP contribution in [0.15, 0.2) is 18.2 Å². The van der Waals surface area contributed by atoms with Crippen LogP contribution in [-0.2, 0) is 6.42 Å². The minimum atomic E-state index is -2.91. The molecule has 0 saturated carbocycles. The molecule has 1 aromatic rings. The number of hydrogen-bond acceptors (Lipinski definition) is 3. The largest absolute Gasteiger partial charge is 0.493 e. The molecule has 0 fully saturated rings. The Balaban J connectivity index is 2.97. The van der Waals surface area contributed by atoms with Crippen molar-refractivity contribution in [2.45, 2.75) is 13.0 Å². The van der Waals surface area contributed by atoms with Crippen LogP contribution < -0.4 is 9.47 Å². The van der Waals surface area contributed by atoms with Crippen LogP contribution in [0.2, 0.25) is 0 Å². The number of nitrogens with zero attached hydrogens (tertiary/aromatic N) is 1. The van der Waals surface area contributed by atoms with Gasteiger partial charge in [0, 0.05) is 0 Å². The molecule has 0 heterocycles. The Bertz CT molecular complexity index is 374. The molecule has 0 aliphatic carbocycles. The maximum atomic E-state index is 12.0. The van der Waals surface area contributed by atoms with Crippen molar-refractivity contribution < 1.29 is 18.3 Å². The zero-order valence-electron chi connectivity index (χ0n) is 8.04. The Kier molecular flexibility index (Phi) is 3.86. The zero-order valence-corrected chi connectivity index (χ0v) is 8.04. The summed E-state index contributed by atoms with van der Waals surface area (Å²) in [5.41, 5.74) is 0.606. The van der Waals surface area contributed by atoms with Crippen LogP contribution >= 0.6 is 0 Å². The van der Waals surface area contributed by atoms with Gasteiger partial charge < -0.3 is 9.47 Å². The molecular formula is C10H9F2NO2. The van der Waals surface area contributed by atoms with E-state index in [-0.39, 0.29) is 17.9 Å². The summed E-state index contributed by atoms with van der Waals surface area (Å²) in [6.45, 7) is -2.91. The monoisotopic (exact) mass is 213 g/mol. The van der Waals surface area contributed by atoms with Gasteiger partial charge in [0.05, 0.1) is 19.6 Å². The fraction of sp³-hybridized carbons (Fsp3) is 0.300. The van der Waals surface area contributed by atoms with Crippen molar-refractivity contribution in [2.24, 2.45) is 0 Å². The molecule has 0 unspecified atom stereocenters. The van der Waals surface area contributed by atoms with Crippen molar-refractivity contribution in [3.63, 3.8) is 0 Å². The molecule has 3 nitrogen and oxygen atoms in total. The highest BCUT2D eigenvalue weighted by molar-refractivity contribution is 5.43. The fourth-order valence-corrected chi connectivity index (χ4v) is 1.11. The number of hydrogen-bond donors (Lipinski definition) is 0. The van der Waals surface area contributed by atoms with E-state index in [4.69, 9.17) is 10.00 Å². The van der Waals surface area contributed by atoms with E-state index in [0.29, 0.717) is 5.56 Å². The van der Waals surface area contributed by atoms with Crippen LogP contribution in [0, 0.1) is 11.3 Å². The van der Waals surface area contributed by atoms with E-state index >= 15 is 0 Å². The Morgan fingerprint density at radius 3 is 2.67 bits per heavy atom. The molecule has 0 saturated heterocycles. The van der Waals surface area contributed by atoms with Gasteiger partial charge in [0.25, 0.3) is 0 Å². The molecule has 80 valence electrons. The first-order valence-corrected chi connectivity index (χ1v) is 4.16. The molecule has 15 heavy (non-hydrogen) atoms. The van der Waals surface area contributed by atoms with Crippen molar-refractivity contribution in [3.8, 4) is 17.6 Å². The zero-order chi connectivity index (χ0) is 11.3. The number of rotatable bonds is 4. The third-order valence-electron chi connectivity index (χ3n) is 1.73. The highest BCUT2D eigenvalue weighted by atomic mass is 19.3. The van der Waals surface area contributed by atoms with Crippen LogP contribution in [-0.4, -0.2) is 13.7 Å². The average molecular weight is 213 g/mol. The van der Waals surface area contributed by atoms with Crippen LogP contribution in [0.1, 0.15) is 5.56 Å². The van der Waals surface area contributed by atoms with Gasteiger partial charge in [-0.1, -0.05) is 6.07 Å². The van der Waals surface area contributed by atoms with Gasteiger partial charge in [-0.25, -0.2) is 0 Å². The number of nitriles is 1. The van der Waals surface area contributed by atoms with E-state index in [1.807, 2.05) is 6.07 Å². The maximum Gasteiger partial charge on any atom is 0.387 e. The van der Waals surface area contributed by atoms with Gasteiger partial charge in [-0.05, 0) is 17.7 Å². The SMILES string of the molecule is COc1ccc(CC#N)cc1OC(F)F. The highest BCUT2D eigenvalue weighted by Crippen LogP contribution is 2.29. The number of methoxy groups -OCH3 is 1. The molecule has 0 aliphatic rings. The Labute approximate surface area is 85.8 Å². The predicted molar refractivity (Wildman–Crippen MR) is 48.9 cm³/mol. The van der Waals surface area contributed by atoms with Gasteiger partial charge >= 0.3 is 6.61 Å². The summed E-state index contributed by atoms with van der Waals surface area (Å²) in [7, 11) is 1.36. The fourth-order valence-electron chi connectivity index (χ4n) is 1.11. The molecule has 0 bridgehead atoms. The topological polar surface area (TPSA) is 42.2 Å². The summed E-state index contributed by atoms with van der Waals surface area (Å²) in [4.78, 5) is 0. The smallest absolute Gasteiger partial charge is 0.387 e.